The number of rotatable bonds is 3. The van der Waals surface area contributed by atoms with E-state index in [4.69, 9.17) is 10.5 Å². The lowest BCUT2D eigenvalue weighted by Gasteiger charge is -2.35. The normalized spacial score (nSPS) is 35.8. The van der Waals surface area contributed by atoms with Crippen molar-refractivity contribution in [2.45, 2.75) is 37.8 Å². The highest BCUT2D eigenvalue weighted by molar-refractivity contribution is 4.88. The van der Waals surface area contributed by atoms with Gasteiger partial charge in [0.1, 0.15) is 0 Å². The van der Waals surface area contributed by atoms with Crippen LogP contribution in [-0.2, 0) is 4.74 Å². The summed E-state index contributed by atoms with van der Waals surface area (Å²) in [4.78, 5) is 0. The van der Waals surface area contributed by atoms with E-state index in [9.17, 15) is 0 Å². The van der Waals surface area contributed by atoms with Crippen molar-refractivity contribution in [3.63, 3.8) is 0 Å². The number of nitrogens with one attached hydrogen (secondary N) is 1. The maximum absolute atomic E-state index is 5.72. The molecule has 0 atom stereocenters. The van der Waals surface area contributed by atoms with Crippen molar-refractivity contribution >= 4 is 0 Å². The molecule has 2 aliphatic rings. The number of hydrogen-bond donors (Lipinski definition) is 2. The monoisotopic (exact) mass is 184 g/mol. The summed E-state index contributed by atoms with van der Waals surface area (Å²) in [7, 11) is 0. The first kappa shape index (κ1) is 9.44. The topological polar surface area (TPSA) is 47.3 Å². The van der Waals surface area contributed by atoms with Gasteiger partial charge in [-0.25, -0.2) is 0 Å². The molecule has 0 unspecified atom stereocenters. The minimum atomic E-state index is 0.465. The molecule has 1 saturated carbocycles. The molecule has 1 saturated heterocycles. The lowest BCUT2D eigenvalue weighted by Crippen LogP contribution is -2.49. The van der Waals surface area contributed by atoms with E-state index in [2.05, 4.69) is 5.32 Å². The zero-order valence-electron chi connectivity index (χ0n) is 8.17. The second kappa shape index (κ2) is 4.40. The summed E-state index contributed by atoms with van der Waals surface area (Å²) < 4.78 is 5.32. The summed E-state index contributed by atoms with van der Waals surface area (Å²) in [5.74, 6) is 0.838. The van der Waals surface area contributed by atoms with Gasteiger partial charge in [-0.15, -0.1) is 0 Å². The molecule has 1 heterocycles. The molecule has 0 aromatic heterocycles. The summed E-state index contributed by atoms with van der Waals surface area (Å²) in [6.07, 6.45) is 4.80. The Bertz CT molecular complexity index is 151. The number of hydrogen-bond acceptors (Lipinski definition) is 3. The average Bonchev–Trinajstić information content (AvgIpc) is 2.12. The van der Waals surface area contributed by atoms with Crippen LogP contribution in [0.25, 0.3) is 0 Å². The van der Waals surface area contributed by atoms with Crippen molar-refractivity contribution in [3.05, 3.63) is 0 Å². The largest absolute Gasteiger partial charge is 0.381 e. The van der Waals surface area contributed by atoms with Gasteiger partial charge in [0.15, 0.2) is 0 Å². The molecular weight excluding hydrogens is 164 g/mol. The third kappa shape index (κ3) is 2.66. The molecule has 2 rings (SSSR count). The Morgan fingerprint density at radius 1 is 1.23 bits per heavy atom. The van der Waals surface area contributed by atoms with Crippen LogP contribution in [0.4, 0.5) is 0 Å². The zero-order chi connectivity index (χ0) is 9.10. The predicted molar refractivity (Wildman–Crippen MR) is 52.5 cm³/mol. The molecule has 0 radical (unpaired) electrons. The quantitative estimate of drug-likeness (QED) is 0.671. The molecule has 1 aliphatic heterocycles. The van der Waals surface area contributed by atoms with Crippen molar-refractivity contribution in [2.75, 3.05) is 19.8 Å². The molecule has 13 heavy (non-hydrogen) atoms. The summed E-state index contributed by atoms with van der Waals surface area (Å²) in [5, 5.41) is 3.58. The molecule has 0 spiro atoms. The third-order valence-corrected chi connectivity index (χ3v) is 3.21. The molecule has 3 N–H and O–H groups in total. The third-order valence-electron chi connectivity index (χ3n) is 3.21. The van der Waals surface area contributed by atoms with E-state index in [1.54, 1.807) is 0 Å². The average molecular weight is 184 g/mol. The second-order valence-corrected chi connectivity index (χ2v) is 4.39. The van der Waals surface area contributed by atoms with E-state index in [1.165, 1.54) is 32.2 Å². The highest BCUT2D eigenvalue weighted by Gasteiger charge is 2.26. The Hall–Kier alpha value is -0.120. The van der Waals surface area contributed by atoms with Crippen LogP contribution >= 0.6 is 0 Å². The van der Waals surface area contributed by atoms with Gasteiger partial charge >= 0.3 is 0 Å². The van der Waals surface area contributed by atoms with E-state index in [0.29, 0.717) is 12.1 Å². The van der Waals surface area contributed by atoms with E-state index in [-0.39, 0.29) is 0 Å². The molecule has 2 fully saturated rings. The van der Waals surface area contributed by atoms with Gasteiger partial charge in [-0.1, -0.05) is 0 Å². The van der Waals surface area contributed by atoms with Crippen molar-refractivity contribution in [1.29, 1.82) is 0 Å². The molecule has 0 amide bonds. The van der Waals surface area contributed by atoms with Crippen LogP contribution in [0.5, 0.6) is 0 Å². The van der Waals surface area contributed by atoms with Crippen LogP contribution < -0.4 is 11.1 Å². The first-order valence-corrected chi connectivity index (χ1v) is 5.41. The van der Waals surface area contributed by atoms with Crippen LogP contribution in [0.15, 0.2) is 0 Å². The fraction of sp³-hybridized carbons (Fsp3) is 1.00. The maximum Gasteiger partial charge on any atom is 0.0469 e. The van der Waals surface area contributed by atoms with E-state index in [1.807, 2.05) is 0 Å². The lowest BCUT2D eigenvalue weighted by molar-refractivity contribution is 0.0640. The SMILES string of the molecule is NC1CC(NCC2CCOCC2)C1. The predicted octanol–water partition coefficient (Wildman–Crippen LogP) is 0.492. The van der Waals surface area contributed by atoms with Gasteiger partial charge in [0.2, 0.25) is 0 Å². The highest BCUT2D eigenvalue weighted by Crippen LogP contribution is 2.19. The van der Waals surface area contributed by atoms with Crippen LogP contribution in [-0.4, -0.2) is 31.8 Å². The minimum absolute atomic E-state index is 0.465. The Labute approximate surface area is 80.0 Å². The Morgan fingerprint density at radius 2 is 1.92 bits per heavy atom. The lowest BCUT2D eigenvalue weighted by atomic mass is 9.87. The molecule has 3 nitrogen and oxygen atoms in total. The highest BCUT2D eigenvalue weighted by atomic mass is 16.5. The molecule has 0 bridgehead atoms. The van der Waals surface area contributed by atoms with E-state index in [0.717, 1.165) is 19.1 Å². The van der Waals surface area contributed by atoms with Gasteiger partial charge in [-0.3, -0.25) is 0 Å². The number of nitrogens with two attached hydrogens (primary N) is 1. The Balaban J connectivity index is 1.56. The minimum Gasteiger partial charge on any atom is -0.381 e. The zero-order valence-corrected chi connectivity index (χ0v) is 8.17. The molecule has 0 aromatic rings. The number of ether oxygens (including phenoxy) is 1. The second-order valence-electron chi connectivity index (χ2n) is 4.39. The fourth-order valence-electron chi connectivity index (χ4n) is 2.11. The standard InChI is InChI=1S/C10H20N2O/c11-9-5-10(6-9)12-7-8-1-3-13-4-2-8/h8-10,12H,1-7,11H2. The van der Waals surface area contributed by atoms with E-state index >= 15 is 0 Å². The van der Waals surface area contributed by atoms with Crippen molar-refractivity contribution < 1.29 is 4.74 Å². The molecular formula is C10H20N2O. The summed E-state index contributed by atoms with van der Waals surface area (Å²) in [6, 6.07) is 1.17. The first-order valence-electron chi connectivity index (χ1n) is 5.41. The molecule has 1 aliphatic carbocycles. The van der Waals surface area contributed by atoms with Crippen LogP contribution in [0.3, 0.4) is 0 Å². The van der Waals surface area contributed by atoms with Crippen molar-refractivity contribution in [1.82, 2.24) is 5.32 Å². The maximum atomic E-state index is 5.72. The fourth-order valence-corrected chi connectivity index (χ4v) is 2.11. The summed E-state index contributed by atoms with van der Waals surface area (Å²) in [6.45, 7) is 3.08. The Kier molecular flexibility index (Phi) is 3.19. The van der Waals surface area contributed by atoms with Gasteiger partial charge in [-0.2, -0.15) is 0 Å². The van der Waals surface area contributed by atoms with Crippen molar-refractivity contribution in [3.8, 4) is 0 Å². The van der Waals surface area contributed by atoms with Gasteiger partial charge in [-0.05, 0) is 38.1 Å². The van der Waals surface area contributed by atoms with Gasteiger partial charge in [0.05, 0.1) is 0 Å². The molecule has 76 valence electrons. The summed E-state index contributed by atoms with van der Waals surface area (Å²) in [5.41, 5.74) is 5.72. The van der Waals surface area contributed by atoms with E-state index < -0.39 is 0 Å². The smallest absolute Gasteiger partial charge is 0.0469 e. The first-order chi connectivity index (χ1) is 6.34. The summed E-state index contributed by atoms with van der Waals surface area (Å²) >= 11 is 0. The van der Waals surface area contributed by atoms with Crippen molar-refractivity contribution in [2.24, 2.45) is 11.7 Å². The molecule has 0 aromatic carbocycles. The van der Waals surface area contributed by atoms with Gasteiger partial charge in [0, 0.05) is 25.3 Å². The Morgan fingerprint density at radius 3 is 2.54 bits per heavy atom. The molecule has 3 heteroatoms. The van der Waals surface area contributed by atoms with Crippen LogP contribution in [0, 0.1) is 5.92 Å². The van der Waals surface area contributed by atoms with Gasteiger partial charge < -0.3 is 15.8 Å². The van der Waals surface area contributed by atoms with Gasteiger partial charge in [0.25, 0.3) is 0 Å². The van der Waals surface area contributed by atoms with Crippen LogP contribution in [0.1, 0.15) is 25.7 Å². The van der Waals surface area contributed by atoms with Crippen LogP contribution in [0.2, 0.25) is 0 Å².